The lowest BCUT2D eigenvalue weighted by molar-refractivity contribution is 0.0149. The summed E-state index contributed by atoms with van der Waals surface area (Å²) in [5.41, 5.74) is 0.316. The molecule has 3 N–H and O–H groups in total. The van der Waals surface area contributed by atoms with Crippen LogP contribution in [0.2, 0.25) is 11.6 Å². The van der Waals surface area contributed by atoms with E-state index in [1.807, 2.05) is 26.8 Å². The zero-order valence-corrected chi connectivity index (χ0v) is 24.7. The maximum atomic E-state index is 13.4. The van der Waals surface area contributed by atoms with E-state index < -0.39 is 20.7 Å². The minimum atomic E-state index is -1.72. The highest BCUT2D eigenvalue weighted by Gasteiger charge is 2.32. The quantitative estimate of drug-likeness (QED) is 0.411. The lowest BCUT2D eigenvalue weighted by Gasteiger charge is -2.35. The molecule has 8 nitrogen and oxygen atoms in total. The van der Waals surface area contributed by atoms with Crippen LogP contribution in [0.4, 0.5) is 4.79 Å². The number of fused-ring (bicyclic) bond motifs is 1. The molecular weight excluding hydrogens is 486 g/mol. The summed E-state index contributed by atoms with van der Waals surface area (Å²) in [5.74, 6) is 0.569. The molecule has 206 valence electrons. The average molecular weight is 532 g/mol. The summed E-state index contributed by atoms with van der Waals surface area (Å²) in [4.78, 5) is 29.9. The third-order valence-corrected chi connectivity index (χ3v) is 10.3. The highest BCUT2D eigenvalue weighted by Crippen LogP contribution is 2.36. The molecule has 2 aromatic rings. The van der Waals surface area contributed by atoms with E-state index in [1.165, 1.54) is 6.07 Å². The van der Waals surface area contributed by atoms with E-state index in [9.17, 15) is 14.7 Å². The van der Waals surface area contributed by atoms with E-state index in [-0.39, 0.29) is 22.4 Å². The number of hydrogen-bond acceptors (Lipinski definition) is 6. The molecule has 1 saturated heterocycles. The highest BCUT2D eigenvalue weighted by atomic mass is 28.3. The summed E-state index contributed by atoms with van der Waals surface area (Å²) < 4.78 is 12.6. The number of carbonyl (C=O) groups excluding carboxylic acids is 1. The molecule has 1 aliphatic heterocycles. The Morgan fingerprint density at radius 3 is 2.43 bits per heavy atom. The number of rotatable bonds is 8. The van der Waals surface area contributed by atoms with Crippen molar-refractivity contribution >= 4 is 26.0 Å². The maximum absolute atomic E-state index is 13.4. The second kappa shape index (κ2) is 12.0. The first kappa shape index (κ1) is 29.2. The average Bonchev–Trinajstić information content (AvgIpc) is 2.80. The number of nitrogens with one attached hydrogen (secondary N) is 2. The van der Waals surface area contributed by atoms with Gasteiger partial charge in [-0.05, 0) is 88.3 Å². The SMILES string of the molecule is C[SiH](O[C@@H](CN(CCC1CCNCC1)C(=O)OC(C)(C)C)c1ccc(O)c2[nH]c(=O)ccc12)C(C)(C)C. The van der Waals surface area contributed by atoms with Crippen molar-refractivity contribution in [2.24, 2.45) is 5.92 Å². The van der Waals surface area contributed by atoms with Crippen LogP contribution in [-0.4, -0.2) is 61.9 Å². The Morgan fingerprint density at radius 2 is 1.81 bits per heavy atom. The Kier molecular flexibility index (Phi) is 9.47. The first-order valence-corrected chi connectivity index (χ1v) is 15.6. The van der Waals surface area contributed by atoms with Gasteiger partial charge in [-0.3, -0.25) is 4.79 Å². The van der Waals surface area contributed by atoms with Gasteiger partial charge in [0.05, 0.1) is 18.2 Å². The van der Waals surface area contributed by atoms with Crippen molar-refractivity contribution in [1.82, 2.24) is 15.2 Å². The van der Waals surface area contributed by atoms with Gasteiger partial charge >= 0.3 is 6.09 Å². The van der Waals surface area contributed by atoms with Crippen LogP contribution in [0, 0.1) is 5.92 Å². The van der Waals surface area contributed by atoms with Gasteiger partial charge in [0.2, 0.25) is 5.56 Å². The summed E-state index contributed by atoms with van der Waals surface area (Å²) in [6, 6.07) is 6.59. The zero-order valence-electron chi connectivity index (χ0n) is 23.5. The van der Waals surface area contributed by atoms with Gasteiger partial charge in [0.1, 0.15) is 11.4 Å². The molecule has 1 unspecified atom stereocenters. The molecule has 1 fully saturated rings. The fourth-order valence-corrected chi connectivity index (χ4v) is 5.63. The first-order chi connectivity index (χ1) is 17.2. The van der Waals surface area contributed by atoms with Gasteiger partial charge in [-0.25, -0.2) is 4.79 Å². The second-order valence-electron chi connectivity index (χ2n) is 12.3. The number of phenols is 1. The number of nitrogens with zero attached hydrogens (tertiary/aromatic N) is 1. The van der Waals surface area contributed by atoms with Crippen molar-refractivity contribution in [2.75, 3.05) is 26.2 Å². The molecule has 1 aromatic heterocycles. The molecule has 2 atom stereocenters. The molecule has 3 rings (SSSR count). The highest BCUT2D eigenvalue weighted by molar-refractivity contribution is 6.53. The number of benzene rings is 1. The number of aromatic nitrogens is 1. The number of ether oxygens (including phenoxy) is 1. The number of H-pyrrole nitrogens is 1. The number of piperidine rings is 1. The molecule has 0 aliphatic carbocycles. The fourth-order valence-electron chi connectivity index (χ4n) is 4.50. The van der Waals surface area contributed by atoms with Crippen LogP contribution in [0.25, 0.3) is 10.9 Å². The number of pyridine rings is 1. The van der Waals surface area contributed by atoms with Gasteiger partial charge in [0.25, 0.3) is 0 Å². The minimum Gasteiger partial charge on any atom is -0.506 e. The molecule has 2 heterocycles. The first-order valence-electron chi connectivity index (χ1n) is 13.4. The third kappa shape index (κ3) is 8.31. The van der Waals surface area contributed by atoms with E-state index in [2.05, 4.69) is 37.6 Å². The van der Waals surface area contributed by atoms with E-state index in [0.29, 0.717) is 29.9 Å². The number of aromatic amines is 1. The van der Waals surface area contributed by atoms with Gasteiger partial charge in [-0.15, -0.1) is 0 Å². The Labute approximate surface area is 222 Å². The largest absolute Gasteiger partial charge is 0.506 e. The van der Waals surface area contributed by atoms with Gasteiger partial charge in [-0.1, -0.05) is 26.8 Å². The molecule has 0 radical (unpaired) electrons. The van der Waals surface area contributed by atoms with Crippen LogP contribution in [-0.2, 0) is 9.16 Å². The van der Waals surface area contributed by atoms with E-state index in [1.54, 1.807) is 17.0 Å². The molecule has 0 saturated carbocycles. The maximum Gasteiger partial charge on any atom is 0.410 e. The van der Waals surface area contributed by atoms with Crippen LogP contribution in [0.3, 0.4) is 0 Å². The molecule has 37 heavy (non-hydrogen) atoms. The Morgan fingerprint density at radius 1 is 1.14 bits per heavy atom. The van der Waals surface area contributed by atoms with Crippen LogP contribution in [0.5, 0.6) is 5.75 Å². The fraction of sp³-hybridized carbons (Fsp3) is 0.643. The Hall–Kier alpha value is -2.36. The topological polar surface area (TPSA) is 104 Å². The van der Waals surface area contributed by atoms with Crippen molar-refractivity contribution in [3.05, 3.63) is 40.2 Å². The van der Waals surface area contributed by atoms with Crippen molar-refractivity contribution < 1.29 is 19.1 Å². The summed E-state index contributed by atoms with van der Waals surface area (Å²) in [6.45, 7) is 17.3. The van der Waals surface area contributed by atoms with Gasteiger partial charge in [0.15, 0.2) is 9.04 Å². The zero-order chi connectivity index (χ0) is 27.4. The number of phenolic OH excluding ortho intramolecular Hbond substituents is 1. The lowest BCUT2D eigenvalue weighted by Crippen LogP contribution is -2.42. The molecular formula is C28H45N3O5Si. The van der Waals surface area contributed by atoms with Crippen LogP contribution in [0.15, 0.2) is 29.1 Å². The standard InChI is InChI=1S/C28H45N3O5Si/c1-27(2,3)35-26(34)31(17-14-19-12-15-29-16-13-19)18-23(36-37(7)28(4,5)6)20-8-10-22(32)25-21(20)9-11-24(33)30-25/h8-11,19,23,29,32,37H,12-18H2,1-7H3,(H,30,33)/t23-,37?/m0/s1. The van der Waals surface area contributed by atoms with Gasteiger partial charge in [0, 0.05) is 18.0 Å². The Balaban J connectivity index is 1.98. The summed E-state index contributed by atoms with van der Waals surface area (Å²) in [7, 11) is -1.72. The molecule has 9 heteroatoms. The summed E-state index contributed by atoms with van der Waals surface area (Å²) >= 11 is 0. The van der Waals surface area contributed by atoms with E-state index >= 15 is 0 Å². The smallest absolute Gasteiger partial charge is 0.410 e. The summed E-state index contributed by atoms with van der Waals surface area (Å²) in [6.07, 6.45) is 2.33. The number of hydrogen-bond donors (Lipinski definition) is 3. The van der Waals surface area contributed by atoms with Crippen LogP contribution >= 0.6 is 0 Å². The van der Waals surface area contributed by atoms with Crippen molar-refractivity contribution in [2.45, 2.75) is 84.1 Å². The van der Waals surface area contributed by atoms with Crippen LogP contribution < -0.4 is 10.9 Å². The van der Waals surface area contributed by atoms with Gasteiger partial charge in [-0.2, -0.15) is 0 Å². The van der Waals surface area contributed by atoms with Crippen molar-refractivity contribution in [3.63, 3.8) is 0 Å². The van der Waals surface area contributed by atoms with Crippen molar-refractivity contribution in [1.29, 1.82) is 0 Å². The molecule has 1 aliphatic rings. The van der Waals surface area contributed by atoms with E-state index in [4.69, 9.17) is 9.16 Å². The Bertz CT molecular complexity index is 1120. The molecule has 0 bridgehead atoms. The summed E-state index contributed by atoms with van der Waals surface area (Å²) in [5, 5.41) is 14.6. The van der Waals surface area contributed by atoms with Crippen molar-refractivity contribution in [3.8, 4) is 5.75 Å². The number of amides is 1. The predicted octanol–water partition coefficient (Wildman–Crippen LogP) is 5.07. The molecule has 0 spiro atoms. The minimum absolute atomic E-state index is 0.00509. The third-order valence-electron chi connectivity index (χ3n) is 7.15. The number of carbonyl (C=O) groups is 1. The number of aromatic hydroxyl groups is 1. The normalized spacial score (nSPS) is 16.9. The van der Waals surface area contributed by atoms with E-state index in [0.717, 1.165) is 37.9 Å². The molecule has 1 aromatic carbocycles. The predicted molar refractivity (Wildman–Crippen MR) is 151 cm³/mol. The lowest BCUT2D eigenvalue weighted by atomic mass is 9.94. The second-order valence-corrected chi connectivity index (χ2v) is 15.6. The monoisotopic (exact) mass is 531 g/mol. The van der Waals surface area contributed by atoms with Crippen LogP contribution in [0.1, 0.15) is 72.5 Å². The molecule has 1 amide bonds. The van der Waals surface area contributed by atoms with Gasteiger partial charge < -0.3 is 29.5 Å².